The highest BCUT2D eigenvalue weighted by atomic mass is 32.2. The van der Waals surface area contributed by atoms with Gasteiger partial charge in [-0.1, -0.05) is 17.8 Å². The molecule has 0 bridgehead atoms. The molecule has 0 saturated heterocycles. The molecule has 5 aromatic rings. The molecule has 2 heterocycles. The number of thioether (sulfide) groups is 1. The Hall–Kier alpha value is -3.49. The van der Waals surface area contributed by atoms with Crippen molar-refractivity contribution in [1.82, 2.24) is 0 Å². The standard InChI is InChI=1S/C41H42OS/c1-19-20(2)26(8)36-35(25(19)7)37-27(9)21(3)23(5)29(11)39(37)41(40-30(12)24(6)22(4)28(10)38(36)40)14-16-43-34-17-31-13-15-42-33(31)18-32(34)41/h13-18H,1-12H3. The summed E-state index contributed by atoms with van der Waals surface area (Å²) in [6.45, 7) is 28.2. The van der Waals surface area contributed by atoms with Crippen LogP contribution in [0.3, 0.4) is 0 Å². The SMILES string of the molecule is Cc1c(C)c(C)c2c(c1C)-c1c(C)c(C)c(C)c(C)c1C1(C=CSc3cc4ccoc4cc31)c1c(C)c(C)c(C)c(C)c1-2. The summed E-state index contributed by atoms with van der Waals surface area (Å²) in [4.78, 5) is 1.31. The summed E-state index contributed by atoms with van der Waals surface area (Å²) in [6.07, 6.45) is 4.36. The van der Waals surface area contributed by atoms with Gasteiger partial charge in [-0.05, 0) is 212 Å². The highest BCUT2D eigenvalue weighted by Gasteiger charge is 2.48. The van der Waals surface area contributed by atoms with Crippen molar-refractivity contribution in [3.8, 4) is 22.3 Å². The van der Waals surface area contributed by atoms with Gasteiger partial charge in [0.15, 0.2) is 0 Å². The fourth-order valence-electron chi connectivity index (χ4n) is 8.43. The number of rotatable bonds is 0. The van der Waals surface area contributed by atoms with Crippen molar-refractivity contribution in [3.63, 3.8) is 0 Å². The van der Waals surface area contributed by atoms with E-state index in [1.807, 2.05) is 18.0 Å². The summed E-state index contributed by atoms with van der Waals surface area (Å²) >= 11 is 1.84. The molecule has 2 aliphatic rings. The van der Waals surface area contributed by atoms with Crippen LogP contribution in [0.5, 0.6) is 0 Å². The summed E-state index contributed by atoms with van der Waals surface area (Å²) in [6, 6.07) is 6.80. The van der Waals surface area contributed by atoms with Crippen molar-refractivity contribution in [2.24, 2.45) is 0 Å². The zero-order valence-corrected chi connectivity index (χ0v) is 28.6. The van der Waals surface area contributed by atoms with Gasteiger partial charge in [0.1, 0.15) is 5.58 Å². The summed E-state index contributed by atoms with van der Waals surface area (Å²) < 4.78 is 6.12. The molecule has 0 N–H and O–H groups in total. The van der Waals surface area contributed by atoms with E-state index in [0.717, 1.165) is 11.0 Å². The zero-order valence-electron chi connectivity index (χ0n) is 27.8. The highest BCUT2D eigenvalue weighted by molar-refractivity contribution is 8.02. The van der Waals surface area contributed by atoms with E-state index in [9.17, 15) is 0 Å². The molecule has 7 rings (SSSR count). The second kappa shape index (κ2) is 9.26. The molecule has 0 fully saturated rings. The quantitative estimate of drug-likeness (QED) is 0.180. The minimum absolute atomic E-state index is 0.480. The van der Waals surface area contributed by atoms with Gasteiger partial charge in [-0.25, -0.2) is 0 Å². The van der Waals surface area contributed by atoms with Crippen LogP contribution in [-0.2, 0) is 5.41 Å². The Morgan fingerprint density at radius 3 is 1.44 bits per heavy atom. The first-order chi connectivity index (χ1) is 20.3. The van der Waals surface area contributed by atoms with E-state index in [4.69, 9.17) is 4.42 Å². The van der Waals surface area contributed by atoms with E-state index in [-0.39, 0.29) is 0 Å². The largest absolute Gasteiger partial charge is 0.464 e. The van der Waals surface area contributed by atoms with Crippen LogP contribution in [-0.4, -0.2) is 0 Å². The van der Waals surface area contributed by atoms with Crippen LogP contribution in [0.25, 0.3) is 33.2 Å². The lowest BCUT2D eigenvalue weighted by atomic mass is 9.62. The molecule has 0 saturated carbocycles. The molecule has 1 aromatic heterocycles. The third-order valence-electron chi connectivity index (χ3n) is 11.8. The van der Waals surface area contributed by atoms with Crippen molar-refractivity contribution >= 4 is 22.7 Å². The van der Waals surface area contributed by atoms with Gasteiger partial charge in [-0.15, -0.1) is 0 Å². The van der Waals surface area contributed by atoms with Crippen molar-refractivity contribution < 1.29 is 4.42 Å². The molecule has 218 valence electrons. The van der Waals surface area contributed by atoms with Gasteiger partial charge in [0.05, 0.1) is 11.7 Å². The Balaban J connectivity index is 1.89. The third kappa shape index (κ3) is 3.37. The minimum Gasteiger partial charge on any atom is -0.464 e. The van der Waals surface area contributed by atoms with Crippen molar-refractivity contribution in [1.29, 1.82) is 0 Å². The average Bonchev–Trinajstić information content (AvgIpc) is 3.41. The predicted molar refractivity (Wildman–Crippen MR) is 185 cm³/mol. The first-order valence-corrected chi connectivity index (χ1v) is 16.4. The first kappa shape index (κ1) is 28.3. The minimum atomic E-state index is -0.480. The maximum absolute atomic E-state index is 6.12. The van der Waals surface area contributed by atoms with E-state index < -0.39 is 5.41 Å². The maximum Gasteiger partial charge on any atom is 0.134 e. The third-order valence-corrected chi connectivity index (χ3v) is 12.7. The molecule has 0 atom stereocenters. The Morgan fingerprint density at radius 1 is 0.512 bits per heavy atom. The summed E-state index contributed by atoms with van der Waals surface area (Å²) in [5, 5.41) is 3.52. The fraction of sp³-hybridized carbons (Fsp3) is 0.317. The zero-order chi connectivity index (χ0) is 30.9. The highest BCUT2D eigenvalue weighted by Crippen LogP contribution is 2.62. The van der Waals surface area contributed by atoms with Crippen molar-refractivity contribution in [2.45, 2.75) is 93.4 Å². The molecule has 0 amide bonds. The molecular weight excluding hydrogens is 541 g/mol. The van der Waals surface area contributed by atoms with Gasteiger partial charge in [-0.3, -0.25) is 0 Å². The number of furan rings is 1. The second-order valence-electron chi connectivity index (χ2n) is 13.3. The van der Waals surface area contributed by atoms with E-state index >= 15 is 0 Å². The molecule has 0 unspecified atom stereocenters. The molecule has 0 radical (unpaired) electrons. The number of allylic oxidation sites excluding steroid dienone is 1. The number of fused-ring (bicyclic) bond motifs is 10. The van der Waals surface area contributed by atoms with Gasteiger partial charge in [0.25, 0.3) is 0 Å². The summed E-state index contributed by atoms with van der Waals surface area (Å²) in [7, 11) is 0. The molecule has 1 spiro atoms. The van der Waals surface area contributed by atoms with Crippen LogP contribution in [0.4, 0.5) is 0 Å². The monoisotopic (exact) mass is 582 g/mol. The molecule has 4 aromatic carbocycles. The van der Waals surface area contributed by atoms with Gasteiger partial charge in [-0.2, -0.15) is 0 Å². The maximum atomic E-state index is 6.12. The van der Waals surface area contributed by atoms with Crippen LogP contribution >= 0.6 is 11.8 Å². The van der Waals surface area contributed by atoms with Gasteiger partial charge in [0, 0.05) is 10.3 Å². The van der Waals surface area contributed by atoms with Crippen molar-refractivity contribution in [2.75, 3.05) is 0 Å². The van der Waals surface area contributed by atoms with Gasteiger partial charge < -0.3 is 4.42 Å². The Morgan fingerprint density at radius 2 is 0.953 bits per heavy atom. The Kier molecular flexibility index (Phi) is 6.09. The van der Waals surface area contributed by atoms with Gasteiger partial charge >= 0.3 is 0 Å². The molecular formula is C41H42OS. The van der Waals surface area contributed by atoms with Crippen LogP contribution in [0, 0.1) is 83.1 Å². The number of benzene rings is 4. The average molecular weight is 583 g/mol. The molecule has 2 heteroatoms. The van der Waals surface area contributed by atoms with E-state index in [1.54, 1.807) is 0 Å². The molecule has 1 aliphatic carbocycles. The van der Waals surface area contributed by atoms with Crippen LogP contribution in [0.2, 0.25) is 0 Å². The molecule has 1 nitrogen and oxygen atoms in total. The van der Waals surface area contributed by atoms with E-state index in [2.05, 4.69) is 113 Å². The van der Waals surface area contributed by atoms with E-state index in [0.29, 0.717) is 0 Å². The number of hydrogen-bond donors (Lipinski definition) is 0. The topological polar surface area (TPSA) is 13.1 Å². The van der Waals surface area contributed by atoms with Crippen LogP contribution in [0.1, 0.15) is 83.5 Å². The number of hydrogen-bond acceptors (Lipinski definition) is 2. The van der Waals surface area contributed by atoms with Crippen molar-refractivity contribution in [3.05, 3.63) is 119 Å². The summed E-state index contributed by atoms with van der Waals surface area (Å²) in [5.74, 6) is 0. The molecule has 43 heavy (non-hydrogen) atoms. The fourth-order valence-corrected chi connectivity index (χ4v) is 9.39. The Bertz CT molecular complexity index is 2010. The van der Waals surface area contributed by atoms with Gasteiger partial charge in [0.2, 0.25) is 0 Å². The lowest BCUT2D eigenvalue weighted by Gasteiger charge is -2.41. The first-order valence-electron chi connectivity index (χ1n) is 15.5. The normalized spacial score (nSPS) is 14.5. The lowest BCUT2D eigenvalue weighted by molar-refractivity contribution is 0.613. The van der Waals surface area contributed by atoms with Crippen LogP contribution < -0.4 is 0 Å². The van der Waals surface area contributed by atoms with E-state index in [1.165, 1.54) is 111 Å². The summed E-state index contributed by atoms with van der Waals surface area (Å²) in [5.41, 5.74) is 27.2. The second-order valence-corrected chi connectivity index (χ2v) is 14.2. The lowest BCUT2D eigenvalue weighted by Crippen LogP contribution is -2.33. The predicted octanol–water partition coefficient (Wildman–Crippen LogP) is 11.7. The van der Waals surface area contributed by atoms with Crippen LogP contribution in [0.15, 0.2) is 45.3 Å². The molecule has 1 aliphatic heterocycles. The Labute approximate surface area is 261 Å². The smallest absolute Gasteiger partial charge is 0.134 e.